The van der Waals surface area contributed by atoms with Gasteiger partial charge in [-0.05, 0) is 13.0 Å². The number of nitrogens with two attached hydrogens (primary N) is 1. The monoisotopic (exact) mass is 173 g/mol. The fourth-order valence-electron chi connectivity index (χ4n) is 0.712. The Hall–Kier alpha value is -1.10. The van der Waals surface area contributed by atoms with E-state index >= 15 is 0 Å². The quantitative estimate of drug-likeness (QED) is 0.581. The molecule has 0 bridgehead atoms. The molecule has 0 fully saturated rings. The smallest absolute Gasteiger partial charge is 0.325 e. The zero-order valence-corrected chi connectivity index (χ0v) is 7.49. The number of hydrogen-bond donors (Lipinski definition) is 1. The van der Waals surface area contributed by atoms with Crippen molar-refractivity contribution in [1.29, 1.82) is 0 Å². The Morgan fingerprint density at radius 2 is 2.08 bits per heavy atom. The maximum atomic E-state index is 11.2. The third kappa shape index (κ3) is 3.34. The third-order valence-electron chi connectivity index (χ3n) is 1.36. The molecule has 0 aromatic carbocycles. The number of carbonyl (C=O) groups is 2. The van der Waals surface area contributed by atoms with E-state index in [1.165, 1.54) is 4.90 Å². The Bertz CT molecular complexity index is 159. The van der Waals surface area contributed by atoms with E-state index in [0.29, 0.717) is 25.9 Å². The Labute approximate surface area is 72.1 Å². The summed E-state index contributed by atoms with van der Waals surface area (Å²) in [5, 5.41) is 0. The number of nitrogens with zero attached hydrogens (tertiary/aromatic N) is 2. The fraction of sp³-hybridized carbons (Fsp3) is 0.714. The maximum absolute atomic E-state index is 11.2. The summed E-state index contributed by atoms with van der Waals surface area (Å²) >= 11 is 0. The van der Waals surface area contributed by atoms with Gasteiger partial charge in [-0.15, -0.1) is 0 Å². The molecule has 0 rings (SSSR count). The molecule has 0 heterocycles. The average molecular weight is 173 g/mol. The first-order chi connectivity index (χ1) is 5.63. The van der Waals surface area contributed by atoms with Gasteiger partial charge in [-0.2, -0.15) is 0 Å². The van der Waals surface area contributed by atoms with Gasteiger partial charge in [0.15, 0.2) is 0 Å². The van der Waals surface area contributed by atoms with Crippen molar-refractivity contribution < 1.29 is 9.59 Å². The van der Waals surface area contributed by atoms with Crippen LogP contribution in [0.3, 0.4) is 0 Å². The van der Waals surface area contributed by atoms with Crippen LogP contribution in [0.4, 0.5) is 4.79 Å². The van der Waals surface area contributed by atoms with Gasteiger partial charge >= 0.3 is 6.03 Å². The minimum atomic E-state index is -0.307. The molecule has 12 heavy (non-hydrogen) atoms. The molecule has 2 N–H and O–H groups in total. The van der Waals surface area contributed by atoms with Gasteiger partial charge in [-0.3, -0.25) is 9.69 Å². The summed E-state index contributed by atoms with van der Waals surface area (Å²) in [6, 6.07) is -0.307. The third-order valence-corrected chi connectivity index (χ3v) is 1.36. The number of amides is 3. The first kappa shape index (κ1) is 10.9. The standard InChI is InChI=1S/C7H15N3O2/c1-9(2)7(12)10(6-11)5-3-4-8/h6H,3-5,8H2,1-2H3. The van der Waals surface area contributed by atoms with Gasteiger partial charge in [-0.1, -0.05) is 0 Å². The average Bonchev–Trinajstić information content (AvgIpc) is 2.05. The van der Waals surface area contributed by atoms with Crippen molar-refractivity contribution in [2.24, 2.45) is 5.73 Å². The van der Waals surface area contributed by atoms with Crippen LogP contribution < -0.4 is 5.73 Å². The lowest BCUT2D eigenvalue weighted by molar-refractivity contribution is -0.116. The summed E-state index contributed by atoms with van der Waals surface area (Å²) in [4.78, 5) is 24.0. The van der Waals surface area contributed by atoms with E-state index < -0.39 is 0 Å². The zero-order valence-electron chi connectivity index (χ0n) is 7.49. The summed E-state index contributed by atoms with van der Waals surface area (Å²) in [5.74, 6) is 0. The second-order valence-electron chi connectivity index (χ2n) is 2.62. The molecule has 0 spiro atoms. The molecule has 0 aromatic heterocycles. The van der Waals surface area contributed by atoms with Crippen molar-refractivity contribution in [2.45, 2.75) is 6.42 Å². The summed E-state index contributed by atoms with van der Waals surface area (Å²) in [5.41, 5.74) is 5.24. The number of carbonyl (C=O) groups excluding carboxylic acids is 2. The number of hydrogen-bond acceptors (Lipinski definition) is 3. The minimum Gasteiger partial charge on any atom is -0.330 e. The Kier molecular flexibility index (Phi) is 5.03. The maximum Gasteiger partial charge on any atom is 0.325 e. The lowest BCUT2D eigenvalue weighted by Crippen LogP contribution is -2.39. The summed E-state index contributed by atoms with van der Waals surface area (Å²) in [6.45, 7) is 0.863. The SMILES string of the molecule is CN(C)C(=O)N(C=O)CCCN. The van der Waals surface area contributed by atoms with Crippen LogP contribution in [0.5, 0.6) is 0 Å². The number of rotatable bonds is 4. The first-order valence-corrected chi connectivity index (χ1v) is 3.76. The van der Waals surface area contributed by atoms with Crippen LogP contribution in [-0.2, 0) is 4.79 Å². The van der Waals surface area contributed by atoms with Crippen LogP contribution in [0.2, 0.25) is 0 Å². The normalized spacial score (nSPS) is 9.25. The summed E-state index contributed by atoms with van der Waals surface area (Å²) < 4.78 is 0. The zero-order chi connectivity index (χ0) is 9.56. The highest BCUT2D eigenvalue weighted by Crippen LogP contribution is 1.92. The van der Waals surface area contributed by atoms with Gasteiger partial charge in [-0.25, -0.2) is 4.79 Å². The van der Waals surface area contributed by atoms with E-state index in [-0.39, 0.29) is 6.03 Å². The predicted molar refractivity (Wildman–Crippen MR) is 45.5 cm³/mol. The van der Waals surface area contributed by atoms with Crippen molar-refractivity contribution in [3.05, 3.63) is 0 Å². The Balaban J connectivity index is 3.96. The Morgan fingerprint density at radius 1 is 1.50 bits per heavy atom. The van der Waals surface area contributed by atoms with E-state index in [1.807, 2.05) is 0 Å². The van der Waals surface area contributed by atoms with Crippen LogP contribution in [0, 0.1) is 0 Å². The van der Waals surface area contributed by atoms with E-state index in [0.717, 1.165) is 4.90 Å². The number of imide groups is 1. The Morgan fingerprint density at radius 3 is 2.42 bits per heavy atom. The van der Waals surface area contributed by atoms with Crippen LogP contribution in [0.15, 0.2) is 0 Å². The van der Waals surface area contributed by atoms with Crippen molar-refractivity contribution in [3.63, 3.8) is 0 Å². The van der Waals surface area contributed by atoms with Gasteiger partial charge in [0, 0.05) is 20.6 Å². The molecular formula is C7H15N3O2. The second-order valence-corrected chi connectivity index (χ2v) is 2.62. The molecule has 5 heteroatoms. The lowest BCUT2D eigenvalue weighted by Gasteiger charge is -2.19. The van der Waals surface area contributed by atoms with Crippen molar-refractivity contribution in [2.75, 3.05) is 27.2 Å². The van der Waals surface area contributed by atoms with Crippen molar-refractivity contribution in [3.8, 4) is 0 Å². The van der Waals surface area contributed by atoms with Crippen LogP contribution in [-0.4, -0.2) is 49.4 Å². The van der Waals surface area contributed by atoms with Crippen LogP contribution in [0.25, 0.3) is 0 Å². The second kappa shape index (κ2) is 5.54. The molecule has 70 valence electrons. The van der Waals surface area contributed by atoms with Gasteiger partial charge in [0.1, 0.15) is 0 Å². The lowest BCUT2D eigenvalue weighted by atomic mass is 10.4. The molecule has 0 atom stereocenters. The van der Waals surface area contributed by atoms with E-state index in [2.05, 4.69) is 0 Å². The molecule has 0 aliphatic rings. The molecule has 0 saturated heterocycles. The summed E-state index contributed by atoms with van der Waals surface area (Å²) in [7, 11) is 3.20. The molecular weight excluding hydrogens is 158 g/mol. The molecule has 0 aliphatic heterocycles. The molecule has 0 aliphatic carbocycles. The highest BCUT2D eigenvalue weighted by atomic mass is 16.2. The predicted octanol–water partition coefficient (Wildman–Crippen LogP) is -0.525. The highest BCUT2D eigenvalue weighted by Gasteiger charge is 2.12. The highest BCUT2D eigenvalue weighted by molar-refractivity contribution is 5.84. The molecule has 0 radical (unpaired) electrons. The van der Waals surface area contributed by atoms with E-state index in [4.69, 9.17) is 5.73 Å². The molecule has 5 nitrogen and oxygen atoms in total. The van der Waals surface area contributed by atoms with Gasteiger partial charge < -0.3 is 10.6 Å². The van der Waals surface area contributed by atoms with Crippen molar-refractivity contribution >= 4 is 12.4 Å². The molecule has 0 aromatic rings. The summed E-state index contributed by atoms with van der Waals surface area (Å²) in [6.07, 6.45) is 1.16. The molecule has 3 amide bonds. The van der Waals surface area contributed by atoms with Crippen molar-refractivity contribution in [1.82, 2.24) is 9.80 Å². The van der Waals surface area contributed by atoms with Crippen LogP contribution in [0.1, 0.15) is 6.42 Å². The van der Waals surface area contributed by atoms with E-state index in [9.17, 15) is 9.59 Å². The molecule has 0 saturated carbocycles. The first-order valence-electron chi connectivity index (χ1n) is 3.76. The van der Waals surface area contributed by atoms with Gasteiger partial charge in [0.2, 0.25) is 6.41 Å². The number of urea groups is 1. The largest absolute Gasteiger partial charge is 0.330 e. The molecule has 0 unspecified atom stereocenters. The van der Waals surface area contributed by atoms with E-state index in [1.54, 1.807) is 14.1 Å². The minimum absolute atomic E-state index is 0.307. The van der Waals surface area contributed by atoms with Gasteiger partial charge in [0.25, 0.3) is 0 Å². The van der Waals surface area contributed by atoms with Gasteiger partial charge in [0.05, 0.1) is 0 Å². The fourth-order valence-corrected chi connectivity index (χ4v) is 0.712. The van der Waals surface area contributed by atoms with Crippen LogP contribution >= 0.6 is 0 Å². The topological polar surface area (TPSA) is 66.6 Å².